The molecule has 0 saturated carbocycles. The number of hydrogen-bond acceptors (Lipinski definition) is 11. The van der Waals surface area contributed by atoms with Gasteiger partial charge in [0, 0.05) is 59.8 Å². The topological polar surface area (TPSA) is 243 Å². The number of alkyl halides is 1. The van der Waals surface area contributed by atoms with Crippen molar-refractivity contribution >= 4 is 65.3 Å². The van der Waals surface area contributed by atoms with Crippen LogP contribution >= 0.6 is 0 Å². The number of halogens is 1. The van der Waals surface area contributed by atoms with E-state index in [0.29, 0.717) is 31.3 Å². The Morgan fingerprint density at radius 3 is 1.70 bits per heavy atom. The van der Waals surface area contributed by atoms with Crippen LogP contribution in [0.25, 0.3) is 66.1 Å². The second-order valence-electron chi connectivity index (χ2n) is 11.2. The van der Waals surface area contributed by atoms with E-state index >= 15 is 0 Å². The number of rotatable bonds is 8. The second kappa shape index (κ2) is 14.2. The quantitative estimate of drug-likeness (QED) is 0.134. The highest BCUT2D eigenvalue weighted by Crippen LogP contribution is 2.31. The summed E-state index contributed by atoms with van der Waals surface area (Å²) in [7, 11) is -4.23. The first kappa shape index (κ1) is 32.6. The number of nitrogens with zero attached hydrogens (tertiary/aromatic N) is 8. The molecule has 2 aromatic carbocycles. The molecule has 6 heterocycles. The molecule has 8 aromatic rings. The first-order valence-electron chi connectivity index (χ1n) is 15.9. The first-order chi connectivity index (χ1) is 24.6. The summed E-state index contributed by atoms with van der Waals surface area (Å²) < 4.78 is 43.8. The predicted octanol–water partition coefficient (Wildman–Crippen LogP) is 3.21. The number of aromatic amines is 2. The summed E-state index contributed by atoms with van der Waals surface area (Å²) in [5.41, 5.74) is 24.7. The molecule has 16 nitrogen and oxygen atoms in total. The summed E-state index contributed by atoms with van der Waals surface area (Å²) in [5, 5.41) is 26.4. The van der Waals surface area contributed by atoms with Crippen LogP contribution in [0.4, 0.5) is 16.0 Å². The molecule has 18 heteroatoms. The van der Waals surface area contributed by atoms with Gasteiger partial charge in [0.1, 0.15) is 22.7 Å². The Balaban J connectivity index is 0.000000165. The van der Waals surface area contributed by atoms with Crippen LogP contribution in [-0.4, -0.2) is 84.8 Å². The maximum atomic E-state index is 11.2. The SMILES string of the molecule is CS(=O)(=O)NCCn1cc2c(N)nc3cc(-c4ccn[nH]4)ccc3c2n1.NCCn1cc2c(N)nc3cc(-c4ccn[nH]4)ccc3c2n1.[2H]CF. The predicted molar refractivity (Wildman–Crippen MR) is 193 cm³/mol. The van der Waals surface area contributed by atoms with Gasteiger partial charge in [-0.25, -0.2) is 23.1 Å². The van der Waals surface area contributed by atoms with Gasteiger partial charge >= 0.3 is 0 Å². The molecule has 0 aliphatic rings. The third kappa shape index (κ3) is 7.07. The fourth-order valence-corrected chi connectivity index (χ4v) is 5.98. The summed E-state index contributed by atoms with van der Waals surface area (Å²) in [6.07, 6.45) is 8.21. The molecule has 0 bridgehead atoms. The van der Waals surface area contributed by atoms with E-state index < -0.39 is 17.2 Å². The minimum absolute atomic E-state index is 0.252. The van der Waals surface area contributed by atoms with Crippen LogP contribution in [0.1, 0.15) is 1.37 Å². The molecular weight excluding hydrogens is 664 g/mol. The van der Waals surface area contributed by atoms with Gasteiger partial charge in [-0.2, -0.15) is 20.4 Å². The third-order valence-electron chi connectivity index (χ3n) is 7.75. The summed E-state index contributed by atoms with van der Waals surface area (Å²) in [6, 6.07) is 15.7. The lowest BCUT2D eigenvalue weighted by Crippen LogP contribution is -2.26. The number of sulfonamides is 1. The van der Waals surface area contributed by atoms with Crippen molar-refractivity contribution in [3.05, 3.63) is 73.3 Å². The van der Waals surface area contributed by atoms with Crippen LogP contribution in [0.5, 0.6) is 0 Å². The van der Waals surface area contributed by atoms with Crippen molar-refractivity contribution in [2.75, 3.05) is 38.0 Å². The van der Waals surface area contributed by atoms with E-state index in [1.807, 2.05) is 59.4 Å². The zero-order valence-corrected chi connectivity index (χ0v) is 27.7. The van der Waals surface area contributed by atoms with E-state index in [1.165, 1.54) is 0 Å². The molecule has 0 atom stereocenters. The van der Waals surface area contributed by atoms with Crippen LogP contribution < -0.4 is 21.9 Å². The van der Waals surface area contributed by atoms with Gasteiger partial charge in [-0.3, -0.25) is 24.0 Å². The number of pyridine rings is 2. The maximum Gasteiger partial charge on any atom is 0.208 e. The molecule has 258 valence electrons. The average molecular weight is 700 g/mol. The van der Waals surface area contributed by atoms with Crippen molar-refractivity contribution in [2.24, 2.45) is 5.73 Å². The fraction of sp³-hybridized carbons (Fsp3) is 0.188. The number of nitrogen functional groups attached to an aromatic ring is 2. The smallest absolute Gasteiger partial charge is 0.208 e. The number of benzene rings is 2. The molecule has 0 spiro atoms. The summed E-state index contributed by atoms with van der Waals surface area (Å²) in [5.74, 6) is 0.865. The number of nitrogens with two attached hydrogens (primary N) is 3. The molecular formula is C32H35FN14O2S. The fourth-order valence-electron chi connectivity index (χ4n) is 5.52. The van der Waals surface area contributed by atoms with E-state index in [4.69, 9.17) is 18.6 Å². The van der Waals surface area contributed by atoms with Gasteiger partial charge < -0.3 is 17.2 Å². The number of anilines is 2. The molecule has 0 radical (unpaired) electrons. The van der Waals surface area contributed by atoms with Crippen molar-refractivity contribution < 1.29 is 14.2 Å². The Hall–Kier alpha value is -5.98. The molecule has 50 heavy (non-hydrogen) atoms. The van der Waals surface area contributed by atoms with Gasteiger partial charge in [0.05, 0.1) is 61.1 Å². The minimum atomic E-state index is -3.23. The van der Waals surface area contributed by atoms with E-state index in [2.05, 4.69) is 45.3 Å². The standard InChI is InChI=1S/C16H17N7O2S.C15H15N7.CH3F/c1-26(24,25)19-6-7-23-9-12-15(22-23)11-3-2-10(13-4-5-18-21-13)8-14(11)20-16(12)17;16-4-6-22-8-11-14(21-22)10-2-1-9(12-3-5-18-20-12)7-13(10)19-15(11)17;1-2/h2-5,8-9,19H,6-7H2,1H3,(H2,17,20)(H,18,21);1-3,5,7-8H,4,6,16H2,(H2,17,19)(H,18,20);1H3/i;;1D. The lowest BCUT2D eigenvalue weighted by Gasteiger charge is -2.04. The highest BCUT2D eigenvalue weighted by molar-refractivity contribution is 7.88. The van der Waals surface area contributed by atoms with Crippen LogP contribution in [-0.2, 0) is 23.1 Å². The lowest BCUT2D eigenvalue weighted by molar-refractivity contribution is 0.567. The Bertz CT molecular complexity index is 2530. The minimum Gasteiger partial charge on any atom is -0.383 e. The van der Waals surface area contributed by atoms with E-state index in [-0.39, 0.29) is 6.54 Å². The lowest BCUT2D eigenvalue weighted by atomic mass is 10.1. The van der Waals surface area contributed by atoms with Gasteiger partial charge in [0.25, 0.3) is 0 Å². The van der Waals surface area contributed by atoms with Crippen molar-refractivity contribution in [1.29, 1.82) is 0 Å². The van der Waals surface area contributed by atoms with Crippen molar-refractivity contribution in [2.45, 2.75) is 13.1 Å². The molecule has 0 saturated heterocycles. The van der Waals surface area contributed by atoms with E-state index in [0.717, 1.165) is 72.4 Å². The van der Waals surface area contributed by atoms with Gasteiger partial charge in [-0.05, 0) is 36.4 Å². The number of fused-ring (bicyclic) bond motifs is 6. The Labute approximate surface area is 286 Å². The zero-order valence-electron chi connectivity index (χ0n) is 27.9. The van der Waals surface area contributed by atoms with Gasteiger partial charge in [-0.15, -0.1) is 0 Å². The molecule has 0 unspecified atom stereocenters. The molecule has 9 N–H and O–H groups in total. The van der Waals surface area contributed by atoms with Crippen molar-refractivity contribution in [1.82, 2.24) is 54.6 Å². The molecule has 0 amide bonds. The molecule has 0 fully saturated rings. The van der Waals surface area contributed by atoms with Gasteiger partial charge in [0.2, 0.25) is 10.0 Å². The highest BCUT2D eigenvalue weighted by atomic mass is 32.2. The Morgan fingerprint density at radius 1 is 0.800 bits per heavy atom. The molecule has 8 rings (SSSR count). The number of aromatic nitrogens is 10. The highest BCUT2D eigenvalue weighted by Gasteiger charge is 2.14. The first-order valence-corrected chi connectivity index (χ1v) is 17.1. The molecule has 0 aliphatic heterocycles. The molecule has 6 aromatic heterocycles. The monoisotopic (exact) mass is 699 g/mol. The van der Waals surface area contributed by atoms with Crippen molar-refractivity contribution in [3.63, 3.8) is 0 Å². The number of nitrogens with one attached hydrogen (secondary N) is 3. The number of H-pyrrole nitrogens is 2. The summed E-state index contributed by atoms with van der Waals surface area (Å²) in [6.45, 7) is 1.84. The van der Waals surface area contributed by atoms with Crippen LogP contribution in [0.2, 0.25) is 0 Å². The summed E-state index contributed by atoms with van der Waals surface area (Å²) >= 11 is 0. The van der Waals surface area contributed by atoms with Crippen LogP contribution in [0.3, 0.4) is 0 Å². The Morgan fingerprint density at radius 2 is 1.28 bits per heavy atom. The van der Waals surface area contributed by atoms with Gasteiger partial charge in [0.15, 0.2) is 0 Å². The van der Waals surface area contributed by atoms with Gasteiger partial charge in [-0.1, -0.05) is 12.1 Å². The zero-order chi connectivity index (χ0) is 36.1. The van der Waals surface area contributed by atoms with E-state index in [1.54, 1.807) is 23.3 Å². The third-order valence-corrected chi connectivity index (χ3v) is 8.48. The maximum absolute atomic E-state index is 11.2. The molecule has 0 aliphatic carbocycles. The van der Waals surface area contributed by atoms with Crippen LogP contribution in [0.15, 0.2) is 73.3 Å². The Kier molecular flexibility index (Phi) is 9.28. The second-order valence-corrected chi connectivity index (χ2v) is 13.0. The largest absolute Gasteiger partial charge is 0.383 e. The normalized spacial score (nSPS) is 11.8. The van der Waals surface area contributed by atoms with Crippen LogP contribution in [0, 0.1) is 0 Å². The summed E-state index contributed by atoms with van der Waals surface area (Å²) in [4.78, 5) is 8.99. The van der Waals surface area contributed by atoms with E-state index in [9.17, 15) is 12.8 Å². The average Bonchev–Trinajstić information content (AvgIpc) is 3.92. The van der Waals surface area contributed by atoms with Crippen molar-refractivity contribution in [3.8, 4) is 22.5 Å². The number of hydrogen-bond donors (Lipinski definition) is 6.